The molecular weight excluding hydrogens is 160 g/mol. The predicted octanol–water partition coefficient (Wildman–Crippen LogP) is 2.79. The van der Waals surface area contributed by atoms with Crippen LogP contribution in [0.15, 0.2) is 36.4 Å². The minimum Gasteiger partial charge on any atom is -0.380 e. The number of fused-ring (bicyclic) bond motifs is 1. The van der Waals surface area contributed by atoms with Crippen molar-refractivity contribution in [2.75, 3.05) is 7.11 Å². The summed E-state index contributed by atoms with van der Waals surface area (Å²) >= 11 is 0. The maximum absolute atomic E-state index is 5.07. The number of ether oxygens (including phenoxy) is 1. The SMILES string of the molecule is COCc1ccc2c[c]ccc2c1. The third kappa shape index (κ3) is 1.70. The molecule has 0 atom stereocenters. The van der Waals surface area contributed by atoms with Crippen LogP contribution in [0.2, 0.25) is 0 Å². The number of rotatable bonds is 2. The fourth-order valence-corrected chi connectivity index (χ4v) is 1.43. The van der Waals surface area contributed by atoms with Crippen LogP contribution in [0.3, 0.4) is 0 Å². The van der Waals surface area contributed by atoms with Crippen LogP contribution in [-0.2, 0) is 11.3 Å². The van der Waals surface area contributed by atoms with Gasteiger partial charge in [-0.15, -0.1) is 0 Å². The first-order valence-corrected chi connectivity index (χ1v) is 4.28. The summed E-state index contributed by atoms with van der Waals surface area (Å²) in [7, 11) is 1.71. The molecule has 1 radical (unpaired) electrons. The molecule has 0 spiro atoms. The van der Waals surface area contributed by atoms with Crippen molar-refractivity contribution in [3.05, 3.63) is 48.0 Å². The minimum atomic E-state index is 0.675. The average Bonchev–Trinajstić information content (AvgIpc) is 2.18. The fraction of sp³-hybridized carbons (Fsp3) is 0.167. The van der Waals surface area contributed by atoms with Crippen LogP contribution in [0.4, 0.5) is 0 Å². The van der Waals surface area contributed by atoms with Crippen molar-refractivity contribution < 1.29 is 4.74 Å². The Morgan fingerprint density at radius 2 is 2.15 bits per heavy atom. The summed E-state index contributed by atoms with van der Waals surface area (Å²) in [5.74, 6) is 0. The molecular formula is C12H11O. The van der Waals surface area contributed by atoms with Crippen molar-refractivity contribution in [1.29, 1.82) is 0 Å². The van der Waals surface area contributed by atoms with E-state index in [9.17, 15) is 0 Å². The molecule has 0 aromatic heterocycles. The van der Waals surface area contributed by atoms with Crippen molar-refractivity contribution in [3.8, 4) is 0 Å². The number of hydrogen-bond acceptors (Lipinski definition) is 1. The van der Waals surface area contributed by atoms with Crippen molar-refractivity contribution >= 4 is 10.8 Å². The monoisotopic (exact) mass is 171 g/mol. The Morgan fingerprint density at radius 3 is 3.00 bits per heavy atom. The van der Waals surface area contributed by atoms with Crippen molar-refractivity contribution in [2.45, 2.75) is 6.61 Å². The van der Waals surface area contributed by atoms with Crippen LogP contribution in [0, 0.1) is 6.07 Å². The summed E-state index contributed by atoms with van der Waals surface area (Å²) < 4.78 is 5.07. The quantitative estimate of drug-likeness (QED) is 0.675. The molecule has 0 aliphatic rings. The molecule has 2 rings (SSSR count). The molecule has 0 saturated heterocycles. The Kier molecular flexibility index (Phi) is 2.28. The van der Waals surface area contributed by atoms with E-state index in [1.165, 1.54) is 16.3 Å². The average molecular weight is 171 g/mol. The summed E-state index contributed by atoms with van der Waals surface area (Å²) in [4.78, 5) is 0. The molecule has 2 aromatic rings. The van der Waals surface area contributed by atoms with Crippen LogP contribution in [-0.4, -0.2) is 7.11 Å². The van der Waals surface area contributed by atoms with Crippen LogP contribution < -0.4 is 0 Å². The minimum absolute atomic E-state index is 0.675. The van der Waals surface area contributed by atoms with Crippen LogP contribution in [0.5, 0.6) is 0 Å². The highest BCUT2D eigenvalue weighted by Crippen LogP contribution is 2.15. The molecule has 0 amide bonds. The number of hydrogen-bond donors (Lipinski definition) is 0. The van der Waals surface area contributed by atoms with E-state index in [1.54, 1.807) is 7.11 Å². The van der Waals surface area contributed by atoms with Gasteiger partial charge in [0.2, 0.25) is 0 Å². The summed E-state index contributed by atoms with van der Waals surface area (Å²) in [6.07, 6.45) is 0. The molecule has 13 heavy (non-hydrogen) atoms. The molecule has 2 aromatic carbocycles. The molecule has 0 unspecified atom stereocenters. The van der Waals surface area contributed by atoms with E-state index < -0.39 is 0 Å². The van der Waals surface area contributed by atoms with E-state index in [2.05, 4.69) is 30.3 Å². The second-order valence-electron chi connectivity index (χ2n) is 3.04. The zero-order valence-electron chi connectivity index (χ0n) is 7.58. The van der Waals surface area contributed by atoms with Crippen LogP contribution in [0.25, 0.3) is 10.8 Å². The summed E-state index contributed by atoms with van der Waals surface area (Å²) in [6, 6.07) is 15.4. The molecule has 65 valence electrons. The summed E-state index contributed by atoms with van der Waals surface area (Å²) in [6.45, 7) is 0.675. The van der Waals surface area contributed by atoms with Gasteiger partial charge in [0.25, 0.3) is 0 Å². The third-order valence-electron chi connectivity index (χ3n) is 2.06. The molecule has 0 heterocycles. The van der Waals surface area contributed by atoms with E-state index >= 15 is 0 Å². The zero-order valence-corrected chi connectivity index (χ0v) is 7.58. The molecule has 0 aliphatic heterocycles. The van der Waals surface area contributed by atoms with Crippen LogP contribution >= 0.6 is 0 Å². The van der Waals surface area contributed by atoms with Gasteiger partial charge >= 0.3 is 0 Å². The van der Waals surface area contributed by atoms with E-state index in [1.807, 2.05) is 12.1 Å². The van der Waals surface area contributed by atoms with Crippen molar-refractivity contribution in [2.24, 2.45) is 0 Å². The second-order valence-corrected chi connectivity index (χ2v) is 3.04. The lowest BCUT2D eigenvalue weighted by atomic mass is 10.1. The Hall–Kier alpha value is -1.34. The highest BCUT2D eigenvalue weighted by molar-refractivity contribution is 5.82. The molecule has 1 nitrogen and oxygen atoms in total. The standard InChI is InChI=1S/C12H11O/c1-13-9-10-6-7-11-4-2-3-5-12(11)8-10/h3-8H,9H2,1H3. The lowest BCUT2D eigenvalue weighted by molar-refractivity contribution is 0.185. The van der Waals surface area contributed by atoms with Gasteiger partial charge in [-0.05, 0) is 34.5 Å². The first kappa shape index (κ1) is 8.27. The Bertz CT molecular complexity index is 407. The van der Waals surface area contributed by atoms with Gasteiger partial charge in [-0.25, -0.2) is 0 Å². The lowest BCUT2D eigenvalue weighted by Gasteiger charge is -2.01. The van der Waals surface area contributed by atoms with Gasteiger partial charge in [0.15, 0.2) is 0 Å². The van der Waals surface area contributed by atoms with Crippen molar-refractivity contribution in [3.63, 3.8) is 0 Å². The number of methoxy groups -OCH3 is 1. The Balaban J connectivity index is 2.49. The molecule has 0 saturated carbocycles. The van der Waals surface area contributed by atoms with Crippen LogP contribution in [0.1, 0.15) is 5.56 Å². The Labute approximate surface area is 78.0 Å². The van der Waals surface area contributed by atoms with Gasteiger partial charge in [0, 0.05) is 7.11 Å². The van der Waals surface area contributed by atoms with E-state index in [4.69, 9.17) is 4.74 Å². The van der Waals surface area contributed by atoms with Gasteiger partial charge in [-0.3, -0.25) is 0 Å². The molecule has 1 heteroatoms. The summed E-state index contributed by atoms with van der Waals surface area (Å²) in [5.41, 5.74) is 1.21. The van der Waals surface area contributed by atoms with Crippen molar-refractivity contribution in [1.82, 2.24) is 0 Å². The largest absolute Gasteiger partial charge is 0.380 e. The van der Waals surface area contributed by atoms with Gasteiger partial charge in [0.05, 0.1) is 6.61 Å². The molecule has 0 fully saturated rings. The van der Waals surface area contributed by atoms with E-state index in [0.717, 1.165) is 0 Å². The first-order chi connectivity index (χ1) is 6.40. The maximum atomic E-state index is 5.07. The topological polar surface area (TPSA) is 9.23 Å². The summed E-state index contributed by atoms with van der Waals surface area (Å²) in [5, 5.41) is 2.47. The predicted molar refractivity (Wildman–Crippen MR) is 53.5 cm³/mol. The molecule has 0 bridgehead atoms. The third-order valence-corrected chi connectivity index (χ3v) is 2.06. The van der Waals surface area contributed by atoms with Gasteiger partial charge in [0.1, 0.15) is 0 Å². The second kappa shape index (κ2) is 3.58. The van der Waals surface area contributed by atoms with E-state index in [-0.39, 0.29) is 0 Å². The fourth-order valence-electron chi connectivity index (χ4n) is 1.43. The highest BCUT2D eigenvalue weighted by atomic mass is 16.5. The zero-order chi connectivity index (χ0) is 9.10. The van der Waals surface area contributed by atoms with Gasteiger partial charge in [-0.2, -0.15) is 0 Å². The molecule has 0 aliphatic carbocycles. The Morgan fingerprint density at radius 1 is 1.23 bits per heavy atom. The smallest absolute Gasteiger partial charge is 0.0713 e. The molecule has 0 N–H and O–H groups in total. The van der Waals surface area contributed by atoms with E-state index in [0.29, 0.717) is 6.61 Å². The van der Waals surface area contributed by atoms with Gasteiger partial charge < -0.3 is 4.74 Å². The first-order valence-electron chi connectivity index (χ1n) is 4.28. The maximum Gasteiger partial charge on any atom is 0.0713 e. The van der Waals surface area contributed by atoms with Gasteiger partial charge in [-0.1, -0.05) is 24.3 Å². The highest BCUT2D eigenvalue weighted by Gasteiger charge is 1.94. The normalized spacial score (nSPS) is 10.5. The lowest BCUT2D eigenvalue weighted by Crippen LogP contribution is -1.86. The number of benzene rings is 2.